The Morgan fingerprint density at radius 1 is 1.43 bits per heavy atom. The van der Waals surface area contributed by atoms with Crippen molar-refractivity contribution in [3.63, 3.8) is 0 Å². The van der Waals surface area contributed by atoms with Gasteiger partial charge in [0.2, 0.25) is 5.91 Å². The summed E-state index contributed by atoms with van der Waals surface area (Å²) in [6.07, 6.45) is 3.93. The van der Waals surface area contributed by atoms with Gasteiger partial charge in [0.15, 0.2) is 0 Å². The second kappa shape index (κ2) is 7.23. The number of carbonyl (C=O) groups excluding carboxylic acids is 1. The lowest BCUT2D eigenvalue weighted by Gasteiger charge is -2.27. The van der Waals surface area contributed by atoms with E-state index in [0.29, 0.717) is 16.1 Å². The Bertz CT molecular complexity index is 522. The highest BCUT2D eigenvalue weighted by atomic mass is 35.5. The number of rotatable bonds is 8. The van der Waals surface area contributed by atoms with E-state index in [1.54, 1.807) is 17.8 Å². The molecular formula is C15H20Cl2N2OS. The van der Waals surface area contributed by atoms with Crippen LogP contribution in [0.2, 0.25) is 10.0 Å². The van der Waals surface area contributed by atoms with Gasteiger partial charge in [0.25, 0.3) is 0 Å². The summed E-state index contributed by atoms with van der Waals surface area (Å²) in [5.41, 5.74) is 4.94. The molecule has 0 heterocycles. The molecular weight excluding hydrogens is 327 g/mol. The molecule has 0 aliphatic heterocycles. The van der Waals surface area contributed by atoms with Crippen LogP contribution >= 0.6 is 35.0 Å². The summed E-state index contributed by atoms with van der Waals surface area (Å²) in [6, 6.07) is 6.08. The highest BCUT2D eigenvalue weighted by Gasteiger charge is 2.36. The molecule has 2 rings (SSSR count). The average Bonchev–Trinajstić information content (AvgIpc) is 3.22. The number of primary amides is 1. The molecule has 3 nitrogen and oxygen atoms in total. The second-order valence-electron chi connectivity index (χ2n) is 5.64. The second-order valence-corrected chi connectivity index (χ2v) is 7.63. The van der Waals surface area contributed by atoms with Gasteiger partial charge in [-0.2, -0.15) is 0 Å². The molecule has 3 N–H and O–H groups in total. The Labute approximate surface area is 139 Å². The van der Waals surface area contributed by atoms with E-state index in [1.807, 2.05) is 19.1 Å². The molecule has 0 radical (unpaired) electrons. The van der Waals surface area contributed by atoms with Gasteiger partial charge in [-0.05, 0) is 56.6 Å². The van der Waals surface area contributed by atoms with Crippen molar-refractivity contribution >= 4 is 40.9 Å². The average molecular weight is 347 g/mol. The van der Waals surface area contributed by atoms with Gasteiger partial charge in [0.1, 0.15) is 0 Å². The third-order valence-corrected chi connectivity index (χ3v) is 5.44. The van der Waals surface area contributed by atoms with Gasteiger partial charge in [-0.15, -0.1) is 11.8 Å². The highest BCUT2D eigenvalue weighted by molar-refractivity contribution is 7.99. The van der Waals surface area contributed by atoms with Crippen LogP contribution in [0.15, 0.2) is 23.1 Å². The van der Waals surface area contributed by atoms with Gasteiger partial charge in [-0.1, -0.05) is 23.2 Å². The van der Waals surface area contributed by atoms with Gasteiger partial charge >= 0.3 is 0 Å². The highest BCUT2D eigenvalue weighted by Crippen LogP contribution is 2.29. The minimum Gasteiger partial charge on any atom is -0.368 e. The fourth-order valence-corrected chi connectivity index (χ4v) is 3.38. The zero-order chi connectivity index (χ0) is 15.5. The predicted molar refractivity (Wildman–Crippen MR) is 90.2 cm³/mol. The van der Waals surface area contributed by atoms with Crippen molar-refractivity contribution in [2.24, 2.45) is 5.73 Å². The minimum atomic E-state index is -0.598. The fraction of sp³-hybridized carbons (Fsp3) is 0.533. The normalized spacial score (nSPS) is 17.5. The van der Waals surface area contributed by atoms with E-state index in [9.17, 15) is 4.79 Å². The molecule has 1 fully saturated rings. The SMILES string of the molecule is CC(CCCSc1ccc(Cl)c(Cl)c1)(NC1CC1)C(N)=O. The maximum absolute atomic E-state index is 11.7. The summed E-state index contributed by atoms with van der Waals surface area (Å²) in [4.78, 5) is 12.7. The first-order valence-corrected chi connectivity index (χ1v) is 8.80. The van der Waals surface area contributed by atoms with Crippen molar-refractivity contribution in [3.05, 3.63) is 28.2 Å². The van der Waals surface area contributed by atoms with E-state index in [4.69, 9.17) is 28.9 Å². The minimum absolute atomic E-state index is 0.270. The fourth-order valence-electron chi connectivity index (χ4n) is 2.13. The van der Waals surface area contributed by atoms with Crippen molar-refractivity contribution in [3.8, 4) is 0 Å². The number of carbonyl (C=O) groups is 1. The molecule has 1 aliphatic rings. The Hall–Kier alpha value is -0.420. The number of thioether (sulfide) groups is 1. The zero-order valence-electron chi connectivity index (χ0n) is 12.0. The molecule has 1 unspecified atom stereocenters. The van der Waals surface area contributed by atoms with Gasteiger partial charge in [0.05, 0.1) is 15.6 Å². The number of nitrogens with one attached hydrogen (secondary N) is 1. The molecule has 1 amide bonds. The predicted octanol–water partition coefficient (Wildman–Crippen LogP) is 3.86. The van der Waals surface area contributed by atoms with Crippen LogP contribution in [0.5, 0.6) is 0 Å². The smallest absolute Gasteiger partial charge is 0.237 e. The first-order valence-electron chi connectivity index (χ1n) is 7.06. The summed E-state index contributed by atoms with van der Waals surface area (Å²) in [6.45, 7) is 1.90. The molecule has 21 heavy (non-hydrogen) atoms. The quantitative estimate of drug-likeness (QED) is 0.555. The molecule has 1 atom stereocenters. The standard InChI is InChI=1S/C15H20Cl2N2OS/c1-15(14(18)20,19-10-3-4-10)7-2-8-21-11-5-6-12(16)13(17)9-11/h5-6,9-10,19H,2-4,7-8H2,1H3,(H2,18,20). The number of hydrogen-bond donors (Lipinski definition) is 2. The number of amides is 1. The lowest BCUT2D eigenvalue weighted by atomic mass is 9.95. The van der Waals surface area contributed by atoms with Crippen LogP contribution in [0.4, 0.5) is 0 Å². The van der Waals surface area contributed by atoms with Crippen LogP contribution in [-0.2, 0) is 4.79 Å². The van der Waals surface area contributed by atoms with Gasteiger partial charge in [-0.3, -0.25) is 4.79 Å². The van der Waals surface area contributed by atoms with Crippen molar-refractivity contribution in [2.45, 2.75) is 49.1 Å². The van der Waals surface area contributed by atoms with Crippen molar-refractivity contribution in [2.75, 3.05) is 5.75 Å². The summed E-state index contributed by atoms with van der Waals surface area (Å²) in [5.74, 6) is 0.640. The summed E-state index contributed by atoms with van der Waals surface area (Å²) >= 11 is 13.6. The molecule has 1 aromatic carbocycles. The number of benzene rings is 1. The topological polar surface area (TPSA) is 55.1 Å². The molecule has 0 aromatic heterocycles. The molecule has 1 aromatic rings. The molecule has 1 saturated carbocycles. The Morgan fingerprint density at radius 3 is 2.71 bits per heavy atom. The van der Waals surface area contributed by atoms with E-state index in [-0.39, 0.29) is 5.91 Å². The zero-order valence-corrected chi connectivity index (χ0v) is 14.3. The van der Waals surface area contributed by atoms with Crippen LogP contribution in [0.1, 0.15) is 32.6 Å². The third kappa shape index (κ3) is 5.06. The van der Waals surface area contributed by atoms with E-state index < -0.39 is 5.54 Å². The monoisotopic (exact) mass is 346 g/mol. The summed E-state index contributed by atoms with van der Waals surface area (Å²) < 4.78 is 0. The van der Waals surface area contributed by atoms with Crippen molar-refractivity contribution in [1.29, 1.82) is 0 Å². The summed E-state index contributed by atoms with van der Waals surface area (Å²) in [5, 5.41) is 4.49. The van der Waals surface area contributed by atoms with Crippen LogP contribution in [0.3, 0.4) is 0 Å². The Morgan fingerprint density at radius 2 is 2.14 bits per heavy atom. The first kappa shape index (κ1) is 16.9. The molecule has 6 heteroatoms. The van der Waals surface area contributed by atoms with E-state index >= 15 is 0 Å². The lowest BCUT2D eigenvalue weighted by molar-refractivity contribution is -0.124. The Kier molecular flexibility index (Phi) is 5.83. The largest absolute Gasteiger partial charge is 0.368 e. The van der Waals surface area contributed by atoms with E-state index in [0.717, 1.165) is 36.3 Å². The molecule has 0 saturated heterocycles. The van der Waals surface area contributed by atoms with Crippen LogP contribution < -0.4 is 11.1 Å². The lowest BCUT2D eigenvalue weighted by Crippen LogP contribution is -2.54. The number of halogens is 2. The molecule has 0 bridgehead atoms. The van der Waals surface area contributed by atoms with E-state index in [1.165, 1.54) is 0 Å². The van der Waals surface area contributed by atoms with Crippen molar-refractivity contribution in [1.82, 2.24) is 5.32 Å². The van der Waals surface area contributed by atoms with Crippen LogP contribution in [0, 0.1) is 0 Å². The van der Waals surface area contributed by atoms with E-state index in [2.05, 4.69) is 5.32 Å². The molecule has 116 valence electrons. The number of hydrogen-bond acceptors (Lipinski definition) is 3. The maximum Gasteiger partial charge on any atom is 0.237 e. The Balaban J connectivity index is 1.79. The third-order valence-electron chi connectivity index (χ3n) is 3.62. The van der Waals surface area contributed by atoms with Crippen molar-refractivity contribution < 1.29 is 4.79 Å². The number of nitrogens with two attached hydrogens (primary N) is 1. The summed E-state index contributed by atoms with van der Waals surface area (Å²) in [7, 11) is 0. The van der Waals surface area contributed by atoms with Gasteiger partial charge in [-0.25, -0.2) is 0 Å². The van der Waals surface area contributed by atoms with Gasteiger partial charge in [0, 0.05) is 10.9 Å². The maximum atomic E-state index is 11.7. The molecule has 1 aliphatic carbocycles. The molecule has 0 spiro atoms. The van der Waals surface area contributed by atoms with Crippen LogP contribution in [0.25, 0.3) is 0 Å². The van der Waals surface area contributed by atoms with Gasteiger partial charge < -0.3 is 11.1 Å². The van der Waals surface area contributed by atoms with Crippen LogP contribution in [-0.4, -0.2) is 23.2 Å². The first-order chi connectivity index (χ1) is 9.90.